The molecule has 1 aliphatic rings. The molecule has 232 valence electrons. The predicted octanol–water partition coefficient (Wildman–Crippen LogP) is 7.56. The van der Waals surface area contributed by atoms with Crippen molar-refractivity contribution in [3.8, 4) is 0 Å². The molecule has 0 saturated heterocycles. The smallest absolute Gasteiger partial charge is 0.198 e. The highest BCUT2D eigenvalue weighted by molar-refractivity contribution is 5.76. The zero-order chi connectivity index (χ0) is 27.4. The number of rotatable bonds is 29. The number of nitrogens with zero attached hydrogens (tertiary/aromatic N) is 2. The second kappa shape index (κ2) is 29.1. The van der Waals surface area contributed by atoms with Gasteiger partial charge in [0.25, 0.3) is 0 Å². The van der Waals surface area contributed by atoms with Gasteiger partial charge in [-0.3, -0.25) is 4.48 Å². The van der Waals surface area contributed by atoms with Crippen molar-refractivity contribution in [3.05, 3.63) is 12.2 Å². The molecule has 0 bridgehead atoms. The summed E-state index contributed by atoms with van der Waals surface area (Å²) in [5.74, 6) is 1.41. The van der Waals surface area contributed by atoms with E-state index in [1.807, 2.05) is 0 Å². The first-order valence-electron chi connectivity index (χ1n) is 17.4. The molecule has 1 atom stereocenters. The van der Waals surface area contributed by atoms with Crippen LogP contribution >= 0.6 is 0 Å². The number of hydrogen-bond acceptors (Lipinski definition) is 2. The maximum atomic E-state index is 9.81. The van der Waals surface area contributed by atoms with Crippen LogP contribution in [0.2, 0.25) is 0 Å². The summed E-state index contributed by atoms with van der Waals surface area (Å²) < 4.78 is 0.997. The monoisotopic (exact) mass is 569 g/mol. The lowest BCUT2D eigenvalue weighted by Crippen LogP contribution is -3.00. The van der Waals surface area contributed by atoms with Gasteiger partial charge in [0.2, 0.25) is 0 Å². The van der Waals surface area contributed by atoms with E-state index in [2.05, 4.69) is 26.0 Å². The maximum absolute atomic E-state index is 9.81. The van der Waals surface area contributed by atoms with E-state index in [1.165, 1.54) is 166 Å². The summed E-state index contributed by atoms with van der Waals surface area (Å²) in [5, 5.41) is 9.81. The van der Waals surface area contributed by atoms with E-state index in [1.54, 1.807) is 0 Å². The van der Waals surface area contributed by atoms with Crippen LogP contribution in [0.3, 0.4) is 0 Å². The van der Waals surface area contributed by atoms with Crippen LogP contribution < -0.4 is 12.4 Å². The van der Waals surface area contributed by atoms with Crippen molar-refractivity contribution >= 4 is 5.84 Å². The number of quaternary nitrogens is 1. The minimum atomic E-state index is 0. The minimum Gasteiger partial charge on any atom is -1.00 e. The predicted molar refractivity (Wildman–Crippen MR) is 170 cm³/mol. The Morgan fingerprint density at radius 3 is 1.51 bits per heavy atom. The third-order valence-electron chi connectivity index (χ3n) is 8.75. The Labute approximate surface area is 251 Å². The third-order valence-corrected chi connectivity index (χ3v) is 8.75. The number of allylic oxidation sites excluding steroid dienone is 2. The number of aliphatic hydroxyl groups excluding tert-OH is 1. The summed E-state index contributed by atoms with van der Waals surface area (Å²) in [6.45, 7) is 9.04. The van der Waals surface area contributed by atoms with Crippen molar-refractivity contribution in [1.82, 2.24) is 0 Å². The first-order valence-corrected chi connectivity index (χ1v) is 17.4. The zero-order valence-electron chi connectivity index (χ0n) is 26.6. The van der Waals surface area contributed by atoms with Gasteiger partial charge >= 0.3 is 0 Å². The Kier molecular flexibility index (Phi) is 28.8. The normalized spacial score (nSPS) is 17.2. The van der Waals surface area contributed by atoms with Crippen molar-refractivity contribution in [3.63, 3.8) is 0 Å². The molecule has 0 saturated carbocycles. The van der Waals surface area contributed by atoms with Crippen LogP contribution in [0.1, 0.15) is 174 Å². The molecule has 0 fully saturated rings. The van der Waals surface area contributed by atoms with Crippen molar-refractivity contribution in [1.29, 1.82) is 0 Å². The Bertz CT molecular complexity index is 565. The lowest BCUT2D eigenvalue weighted by atomic mass is 10.0. The molecular weight excluding hydrogens is 500 g/mol. The second-order valence-corrected chi connectivity index (χ2v) is 12.2. The lowest BCUT2D eigenvalue weighted by Gasteiger charge is -2.34. The molecular formula is C35H69ClN2O. The van der Waals surface area contributed by atoms with E-state index in [4.69, 9.17) is 4.99 Å². The molecule has 1 rings (SSSR count). The fourth-order valence-electron chi connectivity index (χ4n) is 6.18. The number of hydrogen-bond donors (Lipinski definition) is 1. The molecule has 0 aromatic rings. The fraction of sp³-hybridized carbons (Fsp3) is 0.914. The number of halogens is 1. The largest absolute Gasteiger partial charge is 1.00 e. The number of aliphatic hydroxyl groups is 1. The average molecular weight is 569 g/mol. The van der Waals surface area contributed by atoms with Gasteiger partial charge in [-0.15, -0.1) is 0 Å². The van der Waals surface area contributed by atoms with E-state index in [-0.39, 0.29) is 12.4 Å². The van der Waals surface area contributed by atoms with Crippen molar-refractivity contribution in [2.24, 2.45) is 4.99 Å². The third kappa shape index (κ3) is 21.0. The van der Waals surface area contributed by atoms with Gasteiger partial charge in [0, 0.05) is 6.42 Å². The minimum absolute atomic E-state index is 0. The van der Waals surface area contributed by atoms with E-state index in [9.17, 15) is 5.11 Å². The first-order chi connectivity index (χ1) is 18.8. The Hall–Kier alpha value is -0.380. The van der Waals surface area contributed by atoms with Crippen LogP contribution in [0.5, 0.6) is 0 Å². The molecule has 1 aliphatic heterocycles. The van der Waals surface area contributed by atoms with E-state index >= 15 is 0 Å². The van der Waals surface area contributed by atoms with E-state index < -0.39 is 0 Å². The van der Waals surface area contributed by atoms with E-state index in [0.717, 1.165) is 30.5 Å². The summed E-state index contributed by atoms with van der Waals surface area (Å²) in [7, 11) is 0. The molecule has 0 spiro atoms. The van der Waals surface area contributed by atoms with Gasteiger partial charge in [-0.2, -0.15) is 0 Å². The first kappa shape index (κ1) is 38.6. The van der Waals surface area contributed by atoms with Gasteiger partial charge in [0.05, 0.1) is 19.7 Å². The summed E-state index contributed by atoms with van der Waals surface area (Å²) in [6.07, 6.45) is 39.0. The van der Waals surface area contributed by atoms with Crippen molar-refractivity contribution in [2.45, 2.75) is 174 Å². The van der Waals surface area contributed by atoms with Gasteiger partial charge in [-0.25, -0.2) is 4.99 Å². The molecule has 3 nitrogen and oxygen atoms in total. The van der Waals surface area contributed by atoms with Crippen molar-refractivity contribution < 1.29 is 22.0 Å². The van der Waals surface area contributed by atoms with Crippen LogP contribution in [0.15, 0.2) is 17.1 Å². The molecule has 39 heavy (non-hydrogen) atoms. The summed E-state index contributed by atoms with van der Waals surface area (Å²) in [6, 6.07) is 0. The SMILES string of the molecule is CCCCCCCCC=CCCCCCCCC[N+]1(CCO)CCN=C1CCCCCCCCCCCC.[Cl-]. The Morgan fingerprint density at radius 2 is 1.03 bits per heavy atom. The molecule has 0 aromatic carbocycles. The van der Waals surface area contributed by atoms with Crippen molar-refractivity contribution in [2.75, 3.05) is 32.8 Å². The number of amidine groups is 1. The molecule has 0 aromatic heterocycles. The summed E-state index contributed by atoms with van der Waals surface area (Å²) in [5.41, 5.74) is 0. The molecule has 1 heterocycles. The maximum Gasteiger partial charge on any atom is 0.198 e. The van der Waals surface area contributed by atoms with Crippen LogP contribution in [0.4, 0.5) is 0 Å². The molecule has 0 radical (unpaired) electrons. The van der Waals surface area contributed by atoms with Gasteiger partial charge in [0.15, 0.2) is 5.84 Å². The van der Waals surface area contributed by atoms with Gasteiger partial charge in [0.1, 0.15) is 13.1 Å². The molecule has 4 heteroatoms. The van der Waals surface area contributed by atoms with Gasteiger partial charge in [-0.05, 0) is 44.9 Å². The molecule has 1 unspecified atom stereocenters. The Balaban J connectivity index is 0.0000144. The van der Waals surface area contributed by atoms with Gasteiger partial charge < -0.3 is 17.5 Å². The van der Waals surface area contributed by atoms with E-state index in [0.29, 0.717) is 6.61 Å². The number of unbranched alkanes of at least 4 members (excludes halogenated alkanes) is 21. The average Bonchev–Trinajstić information content (AvgIpc) is 3.31. The number of aliphatic imine (C=N–C) groups is 1. The van der Waals surface area contributed by atoms with Crippen LogP contribution in [0, 0.1) is 0 Å². The highest BCUT2D eigenvalue weighted by atomic mass is 35.5. The van der Waals surface area contributed by atoms with Crippen LogP contribution in [0.25, 0.3) is 0 Å². The summed E-state index contributed by atoms with van der Waals surface area (Å²) in [4.78, 5) is 4.95. The zero-order valence-corrected chi connectivity index (χ0v) is 27.3. The fourth-order valence-corrected chi connectivity index (χ4v) is 6.18. The topological polar surface area (TPSA) is 32.6 Å². The second-order valence-electron chi connectivity index (χ2n) is 12.2. The standard InChI is InChI=1S/C35H69N2O.ClH/c1-3-5-7-9-11-13-15-16-17-18-19-20-22-24-26-28-31-37(33-34-38)32-30-36-35(37)29-27-25-23-21-14-12-10-8-6-4-2;/h16-17,38H,3-15,18-34H2,1-2H3;1H/q+1;/p-1. The van der Waals surface area contributed by atoms with Crippen LogP contribution in [-0.4, -0.2) is 48.2 Å². The quantitative estimate of drug-likeness (QED) is 0.0563. The van der Waals surface area contributed by atoms with Gasteiger partial charge in [-0.1, -0.05) is 135 Å². The molecule has 0 aliphatic carbocycles. The molecule has 0 amide bonds. The summed E-state index contributed by atoms with van der Waals surface area (Å²) >= 11 is 0. The van der Waals surface area contributed by atoms with Crippen LogP contribution in [-0.2, 0) is 0 Å². The Morgan fingerprint density at radius 1 is 0.590 bits per heavy atom. The molecule has 1 N–H and O–H groups in total. The highest BCUT2D eigenvalue weighted by Crippen LogP contribution is 2.22. The highest BCUT2D eigenvalue weighted by Gasteiger charge is 2.36. The lowest BCUT2D eigenvalue weighted by molar-refractivity contribution is -0.837.